The van der Waals surface area contributed by atoms with Crippen LogP contribution in [0.5, 0.6) is 0 Å². The number of nitrogens with zero attached hydrogens (tertiary/aromatic N) is 2. The van der Waals surface area contributed by atoms with Crippen LogP contribution in [0.25, 0.3) is 0 Å². The number of β-amino-alcohol motifs (C(OH)–C–C–N with tert-alkyl or cyclic N) is 1. The van der Waals surface area contributed by atoms with E-state index < -0.39 is 5.60 Å². The van der Waals surface area contributed by atoms with Crippen molar-refractivity contribution in [1.29, 1.82) is 0 Å². The predicted octanol–water partition coefficient (Wildman–Crippen LogP) is 2.00. The van der Waals surface area contributed by atoms with Crippen molar-refractivity contribution in [2.75, 3.05) is 32.7 Å². The van der Waals surface area contributed by atoms with Crippen molar-refractivity contribution < 1.29 is 5.11 Å². The van der Waals surface area contributed by atoms with E-state index in [0.717, 1.165) is 51.3 Å². The number of allylic oxidation sites excluding steroid dienone is 1. The lowest BCUT2D eigenvalue weighted by Crippen LogP contribution is -2.52. The van der Waals surface area contributed by atoms with Crippen LogP contribution in [0.15, 0.2) is 24.9 Å². The molecule has 0 aromatic carbocycles. The maximum Gasteiger partial charge on any atom is 0.0774 e. The summed E-state index contributed by atoms with van der Waals surface area (Å²) in [6, 6.07) is 0. The summed E-state index contributed by atoms with van der Waals surface area (Å²) in [7, 11) is 0. The fourth-order valence-electron chi connectivity index (χ4n) is 3.11. The number of hydrogen-bond donors (Lipinski definition) is 1. The van der Waals surface area contributed by atoms with Crippen molar-refractivity contribution in [1.82, 2.24) is 9.80 Å². The van der Waals surface area contributed by atoms with Crippen LogP contribution in [0, 0.1) is 0 Å². The smallest absolute Gasteiger partial charge is 0.0774 e. The Morgan fingerprint density at radius 3 is 2.28 bits per heavy atom. The van der Waals surface area contributed by atoms with E-state index in [1.54, 1.807) is 0 Å². The molecule has 1 aliphatic heterocycles. The average molecular weight is 250 g/mol. The molecule has 2 rings (SSSR count). The summed E-state index contributed by atoms with van der Waals surface area (Å²) in [4.78, 5) is 4.67. The highest BCUT2D eigenvalue weighted by Gasteiger charge is 2.32. The van der Waals surface area contributed by atoms with E-state index in [1.807, 2.05) is 6.08 Å². The minimum Gasteiger partial charge on any atom is -0.389 e. The highest BCUT2D eigenvalue weighted by atomic mass is 16.3. The van der Waals surface area contributed by atoms with Crippen molar-refractivity contribution in [3.8, 4) is 0 Å². The molecule has 0 spiro atoms. The third-order valence-corrected chi connectivity index (χ3v) is 4.32. The Labute approximate surface area is 111 Å². The molecule has 2 aliphatic rings. The third kappa shape index (κ3) is 3.36. The number of aliphatic hydroxyl groups is 1. The molecular weight excluding hydrogens is 224 g/mol. The van der Waals surface area contributed by atoms with Gasteiger partial charge in [-0.1, -0.05) is 32.4 Å². The molecular formula is C15H26N2O. The van der Waals surface area contributed by atoms with E-state index in [0.29, 0.717) is 0 Å². The molecule has 1 N–H and O–H groups in total. The van der Waals surface area contributed by atoms with E-state index >= 15 is 0 Å². The van der Waals surface area contributed by atoms with Gasteiger partial charge in [0.1, 0.15) is 0 Å². The lowest BCUT2D eigenvalue weighted by atomic mass is 9.84. The predicted molar refractivity (Wildman–Crippen MR) is 75.4 cm³/mol. The van der Waals surface area contributed by atoms with Gasteiger partial charge < -0.3 is 10.0 Å². The molecule has 102 valence electrons. The average Bonchev–Trinajstić information content (AvgIpc) is 2.39. The van der Waals surface area contributed by atoms with Gasteiger partial charge in [-0.15, -0.1) is 0 Å². The zero-order valence-corrected chi connectivity index (χ0v) is 11.4. The first-order chi connectivity index (χ1) is 8.63. The van der Waals surface area contributed by atoms with Gasteiger partial charge in [-0.25, -0.2) is 0 Å². The van der Waals surface area contributed by atoms with Crippen LogP contribution >= 0.6 is 0 Å². The topological polar surface area (TPSA) is 26.7 Å². The molecule has 0 bridgehead atoms. The summed E-state index contributed by atoms with van der Waals surface area (Å²) in [6.07, 6.45) is 7.44. The van der Waals surface area contributed by atoms with Crippen molar-refractivity contribution in [2.45, 2.75) is 37.7 Å². The molecule has 1 saturated heterocycles. The summed E-state index contributed by atoms with van der Waals surface area (Å²) in [5.74, 6) is 0. The molecule has 0 aromatic rings. The van der Waals surface area contributed by atoms with Crippen molar-refractivity contribution in [3.63, 3.8) is 0 Å². The largest absolute Gasteiger partial charge is 0.389 e. The van der Waals surface area contributed by atoms with Crippen LogP contribution in [-0.2, 0) is 0 Å². The standard InChI is InChI=1S/C15H26N2O/c1-3-14(2)17-11-9-16(10-12-17)13-15(18)7-5-4-6-8-15/h3,18H,1-2,4-13H2. The maximum atomic E-state index is 10.6. The summed E-state index contributed by atoms with van der Waals surface area (Å²) in [5.41, 5.74) is 0.599. The van der Waals surface area contributed by atoms with E-state index in [1.165, 1.54) is 19.3 Å². The molecule has 18 heavy (non-hydrogen) atoms. The monoisotopic (exact) mass is 250 g/mol. The third-order valence-electron chi connectivity index (χ3n) is 4.32. The molecule has 0 amide bonds. The molecule has 3 nitrogen and oxygen atoms in total. The summed E-state index contributed by atoms with van der Waals surface area (Å²) in [5, 5.41) is 10.6. The number of rotatable bonds is 4. The Morgan fingerprint density at radius 1 is 1.11 bits per heavy atom. The second-order valence-electron chi connectivity index (χ2n) is 5.74. The highest BCUT2D eigenvalue weighted by molar-refractivity contribution is 5.10. The van der Waals surface area contributed by atoms with Crippen molar-refractivity contribution in [2.24, 2.45) is 0 Å². The van der Waals surface area contributed by atoms with Crippen molar-refractivity contribution >= 4 is 0 Å². The SMILES string of the molecule is C=CC(=C)N1CCN(CC2(O)CCCCC2)CC1. The van der Waals surface area contributed by atoms with Gasteiger partial charge in [-0.05, 0) is 18.9 Å². The van der Waals surface area contributed by atoms with Gasteiger partial charge >= 0.3 is 0 Å². The van der Waals surface area contributed by atoms with Crippen LogP contribution in [0.3, 0.4) is 0 Å². The first-order valence-corrected chi connectivity index (χ1v) is 7.14. The quantitative estimate of drug-likeness (QED) is 0.773. The Bertz CT molecular complexity index is 300. The Hall–Kier alpha value is -0.800. The molecule has 1 heterocycles. The van der Waals surface area contributed by atoms with Gasteiger partial charge in [0.25, 0.3) is 0 Å². The number of hydrogen-bond acceptors (Lipinski definition) is 3. The minimum absolute atomic E-state index is 0.421. The van der Waals surface area contributed by atoms with Gasteiger partial charge in [0.05, 0.1) is 5.60 Å². The zero-order valence-electron chi connectivity index (χ0n) is 11.4. The summed E-state index contributed by atoms with van der Waals surface area (Å²) < 4.78 is 0. The Balaban J connectivity index is 1.79. The number of piperazine rings is 1. The molecule has 1 saturated carbocycles. The molecule has 1 aliphatic carbocycles. The molecule has 0 atom stereocenters. The van der Waals surface area contributed by atoms with Gasteiger partial charge in [-0.2, -0.15) is 0 Å². The van der Waals surface area contributed by atoms with Gasteiger partial charge in [0, 0.05) is 38.4 Å². The summed E-state index contributed by atoms with van der Waals surface area (Å²) in [6.45, 7) is 12.7. The molecule has 2 fully saturated rings. The van der Waals surface area contributed by atoms with Crippen LogP contribution in [-0.4, -0.2) is 53.2 Å². The lowest BCUT2D eigenvalue weighted by molar-refractivity contribution is -0.0334. The molecule has 0 aromatic heterocycles. The van der Waals surface area contributed by atoms with Gasteiger partial charge in [-0.3, -0.25) is 4.90 Å². The lowest BCUT2D eigenvalue weighted by Gasteiger charge is -2.41. The highest BCUT2D eigenvalue weighted by Crippen LogP contribution is 2.29. The normalized spacial score (nSPS) is 24.8. The molecule has 0 radical (unpaired) electrons. The molecule has 0 unspecified atom stereocenters. The first-order valence-electron chi connectivity index (χ1n) is 7.14. The zero-order chi connectivity index (χ0) is 13.0. The van der Waals surface area contributed by atoms with E-state index in [-0.39, 0.29) is 0 Å². The van der Waals surface area contributed by atoms with Crippen molar-refractivity contribution in [3.05, 3.63) is 24.9 Å². The van der Waals surface area contributed by atoms with E-state index in [4.69, 9.17) is 0 Å². The van der Waals surface area contributed by atoms with Gasteiger partial charge in [0.2, 0.25) is 0 Å². The Kier molecular flexibility index (Phi) is 4.46. The van der Waals surface area contributed by atoms with Crippen LogP contribution < -0.4 is 0 Å². The fraction of sp³-hybridized carbons (Fsp3) is 0.733. The minimum atomic E-state index is -0.421. The van der Waals surface area contributed by atoms with Crippen LogP contribution in [0.1, 0.15) is 32.1 Å². The molecule has 3 heteroatoms. The Morgan fingerprint density at radius 2 is 1.72 bits per heavy atom. The first kappa shape index (κ1) is 13.6. The van der Waals surface area contributed by atoms with Crippen LogP contribution in [0.2, 0.25) is 0 Å². The second-order valence-corrected chi connectivity index (χ2v) is 5.74. The fourth-order valence-corrected chi connectivity index (χ4v) is 3.11. The summed E-state index contributed by atoms with van der Waals surface area (Å²) >= 11 is 0. The van der Waals surface area contributed by atoms with Gasteiger partial charge in [0.15, 0.2) is 0 Å². The maximum absolute atomic E-state index is 10.6. The van der Waals surface area contributed by atoms with E-state index in [2.05, 4.69) is 23.0 Å². The second kappa shape index (κ2) is 5.89. The van der Waals surface area contributed by atoms with Crippen LogP contribution in [0.4, 0.5) is 0 Å². The van der Waals surface area contributed by atoms with E-state index in [9.17, 15) is 5.11 Å².